The Kier molecular flexibility index (Phi) is 4.26. The summed E-state index contributed by atoms with van der Waals surface area (Å²) in [6, 6.07) is 17.0. The predicted molar refractivity (Wildman–Crippen MR) is 122 cm³/mol. The number of likely N-dealkylation sites (N-methyl/N-ethyl adjacent to an activating group) is 1. The van der Waals surface area contributed by atoms with Crippen molar-refractivity contribution in [2.45, 2.75) is 69.0 Å². The summed E-state index contributed by atoms with van der Waals surface area (Å²) >= 11 is 0. The second kappa shape index (κ2) is 6.92. The van der Waals surface area contributed by atoms with Gasteiger partial charge in [-0.2, -0.15) is 0 Å². The van der Waals surface area contributed by atoms with Crippen LogP contribution in [-0.4, -0.2) is 38.4 Å². The Morgan fingerprint density at radius 1 is 1.19 bits per heavy atom. The van der Waals surface area contributed by atoms with Gasteiger partial charge in [0.2, 0.25) is 0 Å². The summed E-state index contributed by atoms with van der Waals surface area (Å²) < 4.78 is 0. The highest BCUT2D eigenvalue weighted by Crippen LogP contribution is 2.63. The zero-order chi connectivity index (χ0) is 21.1. The molecule has 2 aromatic carbocycles. The van der Waals surface area contributed by atoms with Gasteiger partial charge in [-0.05, 0) is 74.6 Å². The number of rotatable bonds is 7. The Balaban J connectivity index is 1.25. The van der Waals surface area contributed by atoms with Crippen LogP contribution in [0.5, 0.6) is 0 Å². The maximum absolute atomic E-state index is 13.6. The molecule has 0 unspecified atom stereocenters. The fourth-order valence-corrected chi connectivity index (χ4v) is 6.02. The minimum absolute atomic E-state index is 0.0389. The number of fused-ring (bicyclic) bond motifs is 2. The van der Waals surface area contributed by atoms with Crippen LogP contribution >= 0.6 is 0 Å². The van der Waals surface area contributed by atoms with Gasteiger partial charge in [0.15, 0.2) is 5.82 Å². The first-order chi connectivity index (χ1) is 15.1. The van der Waals surface area contributed by atoms with Gasteiger partial charge in [0, 0.05) is 18.6 Å². The number of nitrogens with one attached hydrogen (secondary N) is 2. The first-order valence-electron chi connectivity index (χ1n) is 11.7. The highest BCUT2D eigenvalue weighted by molar-refractivity contribution is 5.95. The van der Waals surface area contributed by atoms with Crippen LogP contribution in [0.1, 0.15) is 73.1 Å². The predicted octanol–water partition coefficient (Wildman–Crippen LogP) is 4.76. The van der Waals surface area contributed by atoms with E-state index in [1.165, 1.54) is 24.0 Å². The lowest BCUT2D eigenvalue weighted by atomic mass is 10.1. The molecule has 160 valence electrons. The zero-order valence-electron chi connectivity index (χ0n) is 18.2. The van der Waals surface area contributed by atoms with Gasteiger partial charge in [-0.3, -0.25) is 4.79 Å². The van der Waals surface area contributed by atoms with Crippen LogP contribution in [0.3, 0.4) is 0 Å². The lowest BCUT2D eigenvalue weighted by molar-refractivity contribution is 0.0625. The summed E-state index contributed by atoms with van der Waals surface area (Å²) in [6.07, 6.45) is 6.95. The second-order valence-corrected chi connectivity index (χ2v) is 9.67. The fraction of sp³-hybridized carbons (Fsp3) is 0.462. The quantitative estimate of drug-likeness (QED) is 0.586. The summed E-state index contributed by atoms with van der Waals surface area (Å²) in [7, 11) is 0. The third-order valence-corrected chi connectivity index (χ3v) is 7.86. The van der Waals surface area contributed by atoms with Crippen LogP contribution in [-0.2, 0) is 6.54 Å². The smallest absolute Gasteiger partial charge is 0.290 e. The molecule has 1 heterocycles. The minimum atomic E-state index is -0.0776. The summed E-state index contributed by atoms with van der Waals surface area (Å²) in [4.78, 5) is 23.7. The van der Waals surface area contributed by atoms with Crippen LogP contribution in [0.15, 0.2) is 48.5 Å². The van der Waals surface area contributed by atoms with Gasteiger partial charge in [0.05, 0.1) is 16.6 Å². The number of hydrogen-bond acceptors (Lipinski definition) is 3. The molecular formula is C26H30N4O. The van der Waals surface area contributed by atoms with Crippen molar-refractivity contribution >= 4 is 16.9 Å². The standard InChI is InChI=1S/C26H30N4O/c1-2-30(24(31)23-28-21-12-11-20(19-9-10-19)15-22(21)29-23)26-14-6-13-25(26,17-26)27-16-18-7-4-3-5-8-18/h3-5,7-8,11-12,15,19,27H,2,6,9-10,13-14,16-17H2,1H3,(H,28,29)/t25-,26+/m0/s1. The number of hydrogen-bond donors (Lipinski definition) is 2. The Hall–Kier alpha value is -2.66. The number of nitrogens with zero attached hydrogens (tertiary/aromatic N) is 2. The van der Waals surface area contributed by atoms with Crippen LogP contribution < -0.4 is 5.32 Å². The summed E-state index contributed by atoms with van der Waals surface area (Å²) in [5.74, 6) is 1.21. The van der Waals surface area contributed by atoms with E-state index in [0.29, 0.717) is 18.3 Å². The molecular weight excluding hydrogens is 384 g/mol. The van der Waals surface area contributed by atoms with E-state index in [2.05, 4.69) is 70.7 Å². The monoisotopic (exact) mass is 414 g/mol. The van der Waals surface area contributed by atoms with E-state index in [9.17, 15) is 4.79 Å². The van der Waals surface area contributed by atoms with Crippen molar-refractivity contribution in [2.24, 2.45) is 0 Å². The molecule has 1 aromatic heterocycles. The highest BCUT2D eigenvalue weighted by Gasteiger charge is 2.73. The average Bonchev–Trinajstić information content (AvgIpc) is 3.67. The molecule has 3 aliphatic rings. The maximum atomic E-state index is 13.6. The molecule has 6 rings (SSSR count). The van der Waals surface area contributed by atoms with E-state index in [0.717, 1.165) is 43.3 Å². The van der Waals surface area contributed by atoms with Crippen molar-refractivity contribution in [1.82, 2.24) is 20.2 Å². The fourth-order valence-electron chi connectivity index (χ4n) is 6.02. The van der Waals surface area contributed by atoms with E-state index in [1.807, 2.05) is 0 Å². The SMILES string of the molecule is CCN(C(=O)c1nc2cc(C3CC3)ccc2[nH]1)[C@@]12CCC[C@]1(NCc1ccccc1)C2. The van der Waals surface area contributed by atoms with Gasteiger partial charge in [-0.25, -0.2) is 4.98 Å². The molecule has 2 atom stereocenters. The third kappa shape index (κ3) is 3.01. The maximum Gasteiger partial charge on any atom is 0.290 e. The number of carbonyl (C=O) groups excluding carboxylic acids is 1. The number of imidazole rings is 1. The highest BCUT2D eigenvalue weighted by atomic mass is 16.2. The number of carbonyl (C=O) groups is 1. The lowest BCUT2D eigenvalue weighted by Gasteiger charge is -2.32. The van der Waals surface area contributed by atoms with Crippen molar-refractivity contribution in [3.8, 4) is 0 Å². The Morgan fingerprint density at radius 2 is 2.03 bits per heavy atom. The van der Waals surface area contributed by atoms with Gasteiger partial charge >= 0.3 is 0 Å². The number of H-pyrrole nitrogens is 1. The molecule has 3 aliphatic carbocycles. The lowest BCUT2D eigenvalue weighted by Crippen LogP contribution is -2.49. The molecule has 1 amide bonds. The van der Waals surface area contributed by atoms with E-state index in [-0.39, 0.29) is 17.0 Å². The van der Waals surface area contributed by atoms with Crippen LogP contribution in [0.2, 0.25) is 0 Å². The first kappa shape index (κ1) is 19.1. The Labute approximate surface area is 183 Å². The summed E-state index contributed by atoms with van der Waals surface area (Å²) in [5.41, 5.74) is 4.48. The van der Waals surface area contributed by atoms with Gasteiger partial charge < -0.3 is 15.2 Å². The van der Waals surface area contributed by atoms with Gasteiger partial charge in [-0.15, -0.1) is 0 Å². The van der Waals surface area contributed by atoms with E-state index in [1.54, 1.807) is 0 Å². The normalized spacial score (nSPS) is 26.7. The molecule has 3 fully saturated rings. The molecule has 2 N–H and O–H groups in total. The van der Waals surface area contributed by atoms with Crippen molar-refractivity contribution in [3.05, 3.63) is 65.5 Å². The molecule has 0 bridgehead atoms. The first-order valence-corrected chi connectivity index (χ1v) is 11.7. The summed E-state index contributed by atoms with van der Waals surface area (Å²) in [6.45, 7) is 3.65. The van der Waals surface area contributed by atoms with E-state index < -0.39 is 0 Å². The van der Waals surface area contributed by atoms with E-state index in [4.69, 9.17) is 4.98 Å². The molecule has 0 spiro atoms. The number of aromatic amines is 1. The van der Waals surface area contributed by atoms with Crippen LogP contribution in [0, 0.1) is 0 Å². The topological polar surface area (TPSA) is 61.0 Å². The van der Waals surface area contributed by atoms with Gasteiger partial charge in [-0.1, -0.05) is 36.4 Å². The average molecular weight is 415 g/mol. The van der Waals surface area contributed by atoms with Gasteiger partial charge in [0.1, 0.15) is 0 Å². The van der Waals surface area contributed by atoms with Crippen molar-refractivity contribution in [3.63, 3.8) is 0 Å². The molecule has 0 saturated heterocycles. The largest absolute Gasteiger partial charge is 0.334 e. The summed E-state index contributed by atoms with van der Waals surface area (Å²) in [5, 5.41) is 3.84. The van der Waals surface area contributed by atoms with Crippen LogP contribution in [0.4, 0.5) is 0 Å². The number of aromatic nitrogens is 2. The number of amides is 1. The van der Waals surface area contributed by atoms with E-state index >= 15 is 0 Å². The molecule has 5 heteroatoms. The molecule has 0 radical (unpaired) electrons. The number of benzene rings is 2. The molecule has 31 heavy (non-hydrogen) atoms. The van der Waals surface area contributed by atoms with Crippen molar-refractivity contribution < 1.29 is 4.79 Å². The molecule has 0 aliphatic heterocycles. The van der Waals surface area contributed by atoms with Crippen molar-refractivity contribution in [1.29, 1.82) is 0 Å². The van der Waals surface area contributed by atoms with Crippen LogP contribution in [0.25, 0.3) is 11.0 Å². The zero-order valence-corrected chi connectivity index (χ0v) is 18.2. The second-order valence-electron chi connectivity index (χ2n) is 9.67. The third-order valence-electron chi connectivity index (χ3n) is 7.86. The molecule has 3 aromatic rings. The van der Waals surface area contributed by atoms with Gasteiger partial charge in [0.25, 0.3) is 5.91 Å². The molecule has 5 nitrogen and oxygen atoms in total. The minimum Gasteiger partial charge on any atom is -0.334 e. The Bertz CT molecular complexity index is 1130. The molecule has 3 saturated carbocycles. The van der Waals surface area contributed by atoms with Crippen molar-refractivity contribution in [2.75, 3.05) is 6.54 Å². The Morgan fingerprint density at radius 3 is 2.81 bits per heavy atom.